The highest BCUT2D eigenvalue weighted by atomic mass is 79.9. The first kappa shape index (κ1) is 25.2. The van der Waals surface area contributed by atoms with Gasteiger partial charge in [0.25, 0.3) is 0 Å². The number of carbonyl (C=O) groups is 3. The van der Waals surface area contributed by atoms with Crippen LogP contribution >= 0.6 is 31.9 Å². The van der Waals surface area contributed by atoms with E-state index in [2.05, 4.69) is 37.2 Å². The van der Waals surface area contributed by atoms with Gasteiger partial charge in [-0.1, -0.05) is 105 Å². The molecule has 1 spiro atoms. The van der Waals surface area contributed by atoms with Crippen molar-refractivity contribution in [1.82, 2.24) is 0 Å². The Hall–Kier alpha value is -3.81. The minimum absolute atomic E-state index is 0.176. The van der Waals surface area contributed by atoms with Crippen LogP contribution in [0.2, 0.25) is 0 Å². The molecule has 3 aliphatic heterocycles. The van der Waals surface area contributed by atoms with Crippen molar-refractivity contribution in [2.75, 3.05) is 10.2 Å². The van der Waals surface area contributed by atoms with Gasteiger partial charge in [-0.25, -0.2) is 0 Å². The van der Waals surface area contributed by atoms with E-state index in [0.717, 1.165) is 20.2 Å². The average Bonchev–Trinajstić information content (AvgIpc) is 3.45. The molecule has 1 fully saturated rings. The molecule has 3 aliphatic rings. The van der Waals surface area contributed by atoms with Crippen molar-refractivity contribution in [2.24, 2.45) is 5.92 Å². The standard InChI is InChI=1S/C33H22Br2N2O3/c34-22-14-9-20(10-15-22)29(38)28-27-18-13-19-5-1-4-8-26(19)37(27)31(30(39)21-11-16-23(35)17-12-21)33(28)24-6-2-3-7-25(24)36-32(33)40/h1-18,27-28,31H,(H,36,40)/t27?,28-,31+,33+/m1/s1. The summed E-state index contributed by atoms with van der Waals surface area (Å²) in [5, 5.41) is 3.05. The molecule has 5 nitrogen and oxygen atoms in total. The quantitative estimate of drug-likeness (QED) is 0.239. The molecule has 1 unspecified atom stereocenters. The Morgan fingerprint density at radius 3 is 2.05 bits per heavy atom. The number of para-hydroxylation sites is 2. The largest absolute Gasteiger partial charge is 0.352 e. The van der Waals surface area contributed by atoms with Gasteiger partial charge in [0.15, 0.2) is 11.6 Å². The Balaban J connectivity index is 1.53. The highest BCUT2D eigenvalue weighted by molar-refractivity contribution is 9.10. The minimum atomic E-state index is -1.46. The van der Waals surface area contributed by atoms with Crippen LogP contribution in [0.4, 0.5) is 11.4 Å². The molecule has 7 rings (SSSR count). The van der Waals surface area contributed by atoms with Gasteiger partial charge in [0.1, 0.15) is 11.5 Å². The fourth-order valence-electron chi connectivity index (χ4n) is 6.70. The molecule has 0 aromatic heterocycles. The highest BCUT2D eigenvalue weighted by Gasteiger charge is 2.70. The summed E-state index contributed by atoms with van der Waals surface area (Å²) >= 11 is 6.92. The monoisotopic (exact) mass is 652 g/mol. The lowest BCUT2D eigenvalue weighted by Gasteiger charge is -2.37. The van der Waals surface area contributed by atoms with Gasteiger partial charge < -0.3 is 10.2 Å². The number of benzene rings is 4. The van der Waals surface area contributed by atoms with Gasteiger partial charge in [-0.2, -0.15) is 0 Å². The van der Waals surface area contributed by atoms with Crippen LogP contribution in [0.25, 0.3) is 6.08 Å². The molecular formula is C33H22Br2N2O3. The van der Waals surface area contributed by atoms with Crippen LogP contribution in [0.3, 0.4) is 0 Å². The van der Waals surface area contributed by atoms with Gasteiger partial charge in [-0.15, -0.1) is 0 Å². The van der Waals surface area contributed by atoms with E-state index in [1.54, 1.807) is 24.3 Å². The van der Waals surface area contributed by atoms with Crippen molar-refractivity contribution in [3.8, 4) is 0 Å². The second-order valence-electron chi connectivity index (χ2n) is 10.3. The zero-order chi connectivity index (χ0) is 27.6. The minimum Gasteiger partial charge on any atom is -0.352 e. The molecule has 4 atom stereocenters. The predicted molar refractivity (Wildman–Crippen MR) is 163 cm³/mol. The summed E-state index contributed by atoms with van der Waals surface area (Å²) in [7, 11) is 0. The van der Waals surface area contributed by atoms with Crippen molar-refractivity contribution in [3.05, 3.63) is 134 Å². The number of carbonyl (C=O) groups excluding carboxylic acids is 3. The molecular weight excluding hydrogens is 632 g/mol. The van der Waals surface area contributed by atoms with Crippen molar-refractivity contribution >= 4 is 66.8 Å². The van der Waals surface area contributed by atoms with Crippen LogP contribution in [0.1, 0.15) is 31.8 Å². The van der Waals surface area contributed by atoms with E-state index in [0.29, 0.717) is 22.4 Å². The molecule has 3 heterocycles. The van der Waals surface area contributed by atoms with Crippen LogP contribution in [0.15, 0.2) is 112 Å². The summed E-state index contributed by atoms with van der Waals surface area (Å²) in [5.74, 6) is -1.57. The van der Waals surface area contributed by atoms with Crippen LogP contribution in [-0.2, 0) is 10.2 Å². The number of rotatable bonds is 4. The van der Waals surface area contributed by atoms with E-state index in [1.165, 1.54) is 0 Å². The highest BCUT2D eigenvalue weighted by Crippen LogP contribution is 2.58. The maximum atomic E-state index is 14.7. The number of hydrogen-bond acceptors (Lipinski definition) is 4. The van der Waals surface area contributed by atoms with E-state index in [9.17, 15) is 14.4 Å². The number of amides is 1. The van der Waals surface area contributed by atoms with Crippen LogP contribution in [0.5, 0.6) is 0 Å². The van der Waals surface area contributed by atoms with Gasteiger partial charge in [0.05, 0.1) is 12.0 Å². The predicted octanol–water partition coefficient (Wildman–Crippen LogP) is 7.07. The van der Waals surface area contributed by atoms with Gasteiger partial charge in [0, 0.05) is 31.4 Å². The summed E-state index contributed by atoms with van der Waals surface area (Å²) in [6, 6.07) is 28.2. The molecule has 4 aromatic rings. The molecule has 7 heteroatoms. The van der Waals surface area contributed by atoms with E-state index >= 15 is 0 Å². The molecule has 0 aliphatic carbocycles. The van der Waals surface area contributed by atoms with Crippen LogP contribution < -0.4 is 10.2 Å². The Labute approximate surface area is 248 Å². The molecule has 40 heavy (non-hydrogen) atoms. The SMILES string of the molecule is O=C(c1ccc(Br)cc1)[C@@H]1N2c3ccccc3C=CC2[C@H](C(=O)c2ccc(Br)cc2)[C@]12C(=O)Nc1ccccc12. The number of anilines is 2. The van der Waals surface area contributed by atoms with Crippen molar-refractivity contribution in [1.29, 1.82) is 0 Å². The van der Waals surface area contributed by atoms with Crippen molar-refractivity contribution in [3.63, 3.8) is 0 Å². The van der Waals surface area contributed by atoms with Gasteiger partial charge in [-0.3, -0.25) is 14.4 Å². The summed E-state index contributed by atoms with van der Waals surface area (Å²) in [4.78, 5) is 45.8. The smallest absolute Gasteiger partial charge is 0.238 e. The van der Waals surface area contributed by atoms with Crippen molar-refractivity contribution < 1.29 is 14.4 Å². The number of ketones is 2. The first-order valence-corrected chi connectivity index (χ1v) is 14.6. The number of hydrogen-bond donors (Lipinski definition) is 1. The fraction of sp³-hybridized carbons (Fsp3) is 0.121. The molecule has 196 valence electrons. The second kappa shape index (κ2) is 9.39. The van der Waals surface area contributed by atoms with Gasteiger partial charge in [0.2, 0.25) is 5.91 Å². The molecule has 0 bridgehead atoms. The Morgan fingerprint density at radius 2 is 1.35 bits per heavy atom. The molecule has 1 saturated heterocycles. The second-order valence-corrected chi connectivity index (χ2v) is 12.1. The zero-order valence-corrected chi connectivity index (χ0v) is 24.2. The number of nitrogens with zero attached hydrogens (tertiary/aromatic N) is 1. The average molecular weight is 654 g/mol. The maximum Gasteiger partial charge on any atom is 0.238 e. The third-order valence-electron chi connectivity index (χ3n) is 8.34. The fourth-order valence-corrected chi connectivity index (χ4v) is 7.23. The summed E-state index contributed by atoms with van der Waals surface area (Å²) in [5.41, 5.74) is 2.58. The third kappa shape index (κ3) is 3.54. The number of nitrogens with one attached hydrogen (secondary N) is 1. The Bertz CT molecular complexity index is 1730. The van der Waals surface area contributed by atoms with Crippen molar-refractivity contribution in [2.45, 2.75) is 17.5 Å². The lowest BCUT2D eigenvalue weighted by atomic mass is 9.63. The van der Waals surface area contributed by atoms with Gasteiger partial charge in [-0.05, 0) is 47.5 Å². The lowest BCUT2D eigenvalue weighted by molar-refractivity contribution is -0.121. The first-order valence-electron chi connectivity index (χ1n) is 13.0. The summed E-state index contributed by atoms with van der Waals surface area (Å²) in [6.45, 7) is 0. The first-order chi connectivity index (χ1) is 19.4. The summed E-state index contributed by atoms with van der Waals surface area (Å²) < 4.78 is 1.70. The molecule has 4 aromatic carbocycles. The molecule has 1 N–H and O–H groups in total. The molecule has 1 amide bonds. The lowest BCUT2D eigenvalue weighted by Crippen LogP contribution is -2.55. The molecule has 0 radical (unpaired) electrons. The van der Waals surface area contributed by atoms with E-state index in [4.69, 9.17) is 0 Å². The number of fused-ring (bicyclic) bond motifs is 5. The third-order valence-corrected chi connectivity index (χ3v) is 9.39. The zero-order valence-electron chi connectivity index (χ0n) is 21.1. The van der Waals surface area contributed by atoms with Gasteiger partial charge >= 0.3 is 0 Å². The summed E-state index contributed by atoms with van der Waals surface area (Å²) in [6.07, 6.45) is 3.98. The van der Waals surface area contributed by atoms with E-state index in [-0.39, 0.29) is 17.5 Å². The normalized spacial score (nSPS) is 23.9. The van der Waals surface area contributed by atoms with Crippen LogP contribution in [-0.4, -0.2) is 29.6 Å². The number of Topliss-reactive ketones (excluding diaryl/α,β-unsaturated/α-hetero) is 2. The Kier molecular flexibility index (Phi) is 5.91. The Morgan fingerprint density at radius 1 is 0.750 bits per heavy atom. The topological polar surface area (TPSA) is 66.5 Å². The van der Waals surface area contributed by atoms with Crippen LogP contribution in [0, 0.1) is 5.92 Å². The van der Waals surface area contributed by atoms with E-state index < -0.39 is 23.4 Å². The number of halogens is 2. The maximum absolute atomic E-state index is 14.7. The molecule has 0 saturated carbocycles. The van der Waals surface area contributed by atoms with E-state index in [1.807, 2.05) is 89.8 Å².